The first-order valence-electron chi connectivity index (χ1n) is 8.46. The molecule has 0 bridgehead atoms. The van der Waals surface area contributed by atoms with Crippen molar-refractivity contribution in [3.63, 3.8) is 0 Å². The SMILES string of the molecule is COC(=O)C1=C(C(=O)OC)N(c2cc(C(F)(F)F)ccc2NCC(F)(F)F)C=CC=C1. The van der Waals surface area contributed by atoms with Gasteiger partial charge in [0.15, 0.2) is 0 Å². The van der Waals surface area contributed by atoms with Crippen molar-refractivity contribution in [1.29, 1.82) is 0 Å². The van der Waals surface area contributed by atoms with Gasteiger partial charge in [0, 0.05) is 6.20 Å². The third kappa shape index (κ3) is 5.80. The minimum absolute atomic E-state index is 0.373. The summed E-state index contributed by atoms with van der Waals surface area (Å²) in [7, 11) is 1.98. The number of alkyl halides is 6. The summed E-state index contributed by atoms with van der Waals surface area (Å²) in [5, 5.41) is 2.01. The molecule has 168 valence electrons. The number of nitrogens with one attached hydrogen (secondary N) is 1. The lowest BCUT2D eigenvalue weighted by molar-refractivity contribution is -0.139. The van der Waals surface area contributed by atoms with Crippen LogP contribution in [0.4, 0.5) is 37.7 Å². The summed E-state index contributed by atoms with van der Waals surface area (Å²) in [5.74, 6) is -2.14. The Bertz CT molecular complexity index is 948. The van der Waals surface area contributed by atoms with Crippen LogP contribution in [-0.2, 0) is 25.2 Å². The molecule has 0 aliphatic carbocycles. The maximum atomic E-state index is 13.3. The van der Waals surface area contributed by atoms with E-state index < -0.39 is 47.8 Å². The van der Waals surface area contributed by atoms with Gasteiger partial charge in [-0.3, -0.25) is 0 Å². The molecule has 0 amide bonds. The second kappa shape index (κ2) is 9.14. The molecule has 1 heterocycles. The molecule has 0 radical (unpaired) electrons. The molecule has 0 saturated heterocycles. The van der Waals surface area contributed by atoms with E-state index in [2.05, 4.69) is 9.47 Å². The Morgan fingerprint density at radius 1 is 1.00 bits per heavy atom. The molecule has 1 aliphatic heterocycles. The first-order valence-corrected chi connectivity index (χ1v) is 8.46. The smallest absolute Gasteiger partial charge is 0.416 e. The van der Waals surface area contributed by atoms with Crippen molar-refractivity contribution in [1.82, 2.24) is 0 Å². The van der Waals surface area contributed by atoms with E-state index in [1.807, 2.05) is 5.32 Å². The number of benzene rings is 1. The highest BCUT2D eigenvalue weighted by molar-refractivity contribution is 6.06. The third-order valence-electron chi connectivity index (χ3n) is 3.95. The maximum absolute atomic E-state index is 13.3. The summed E-state index contributed by atoms with van der Waals surface area (Å²) < 4.78 is 87.2. The fraction of sp³-hybridized carbons (Fsp3) is 0.263. The van der Waals surface area contributed by atoms with Gasteiger partial charge in [-0.25, -0.2) is 9.59 Å². The molecule has 2 rings (SSSR count). The highest BCUT2D eigenvalue weighted by Gasteiger charge is 2.35. The molecule has 12 heteroatoms. The molecular weight excluding hydrogens is 434 g/mol. The van der Waals surface area contributed by atoms with Crippen molar-refractivity contribution in [3.05, 3.63) is 59.5 Å². The number of anilines is 2. The van der Waals surface area contributed by atoms with Crippen LogP contribution in [0.15, 0.2) is 53.9 Å². The number of hydrogen-bond donors (Lipinski definition) is 1. The quantitative estimate of drug-likeness (QED) is 0.537. The highest BCUT2D eigenvalue weighted by atomic mass is 19.4. The zero-order chi connectivity index (χ0) is 23.4. The van der Waals surface area contributed by atoms with Crippen LogP contribution in [0.1, 0.15) is 5.56 Å². The molecule has 1 aliphatic rings. The third-order valence-corrected chi connectivity index (χ3v) is 3.95. The van der Waals surface area contributed by atoms with Crippen LogP contribution in [0.3, 0.4) is 0 Å². The molecule has 31 heavy (non-hydrogen) atoms. The van der Waals surface area contributed by atoms with Gasteiger partial charge in [-0.1, -0.05) is 6.08 Å². The standard InChI is InChI=1S/C19H16F6N2O4/c1-30-16(28)12-5-3-4-8-27(15(12)17(29)31-2)14-9-11(19(23,24)25)6-7-13(14)26-10-18(20,21)22/h3-9,26H,10H2,1-2H3. The molecular formula is C19H16F6N2O4. The zero-order valence-electron chi connectivity index (χ0n) is 16.1. The molecule has 0 fully saturated rings. The van der Waals surface area contributed by atoms with E-state index in [9.17, 15) is 35.9 Å². The Hall–Kier alpha value is -3.44. The molecule has 6 nitrogen and oxygen atoms in total. The molecule has 0 aromatic heterocycles. The van der Waals surface area contributed by atoms with Gasteiger partial charge in [-0.15, -0.1) is 0 Å². The predicted octanol–water partition coefficient (Wildman–Crippen LogP) is 4.17. The summed E-state index contributed by atoms with van der Waals surface area (Å²) in [6.07, 6.45) is -4.67. The van der Waals surface area contributed by atoms with Crippen LogP contribution in [0.5, 0.6) is 0 Å². The first-order chi connectivity index (χ1) is 14.4. The van der Waals surface area contributed by atoms with E-state index in [0.29, 0.717) is 12.1 Å². The summed E-state index contributed by atoms with van der Waals surface area (Å²) in [6.45, 7) is -1.55. The van der Waals surface area contributed by atoms with Crippen molar-refractivity contribution < 1.29 is 45.4 Å². The van der Waals surface area contributed by atoms with Gasteiger partial charge in [-0.05, 0) is 30.4 Å². The van der Waals surface area contributed by atoms with E-state index in [4.69, 9.17) is 0 Å². The molecule has 1 N–H and O–H groups in total. The van der Waals surface area contributed by atoms with Crippen molar-refractivity contribution in [3.8, 4) is 0 Å². The van der Waals surface area contributed by atoms with Gasteiger partial charge < -0.3 is 19.7 Å². The van der Waals surface area contributed by atoms with E-state index in [-0.39, 0.29) is 11.3 Å². The van der Waals surface area contributed by atoms with E-state index >= 15 is 0 Å². The van der Waals surface area contributed by atoms with Crippen molar-refractivity contribution in [2.45, 2.75) is 12.4 Å². The number of ether oxygens (including phenoxy) is 2. The first kappa shape index (κ1) is 23.8. The fourth-order valence-electron chi connectivity index (χ4n) is 2.60. The van der Waals surface area contributed by atoms with E-state index in [1.54, 1.807) is 0 Å². The Balaban J connectivity index is 2.75. The van der Waals surface area contributed by atoms with Gasteiger partial charge >= 0.3 is 24.3 Å². The molecule has 1 aromatic rings. The topological polar surface area (TPSA) is 67.9 Å². The van der Waals surface area contributed by atoms with Gasteiger partial charge in [0.2, 0.25) is 0 Å². The fourth-order valence-corrected chi connectivity index (χ4v) is 2.60. The number of allylic oxidation sites excluding steroid dienone is 2. The molecule has 1 aromatic carbocycles. The summed E-state index contributed by atoms with van der Waals surface area (Å²) >= 11 is 0. The molecule has 0 spiro atoms. The van der Waals surface area contributed by atoms with Crippen LogP contribution in [-0.4, -0.2) is 38.9 Å². The average molecular weight is 450 g/mol. The monoisotopic (exact) mass is 450 g/mol. The van der Waals surface area contributed by atoms with Crippen LogP contribution in [0.2, 0.25) is 0 Å². The van der Waals surface area contributed by atoms with Crippen molar-refractivity contribution in [2.24, 2.45) is 0 Å². The van der Waals surface area contributed by atoms with Gasteiger partial charge in [0.05, 0.1) is 36.7 Å². The Kier molecular flexibility index (Phi) is 7.03. The number of rotatable bonds is 5. The van der Waals surface area contributed by atoms with Gasteiger partial charge in [0.25, 0.3) is 0 Å². The number of carbonyl (C=O) groups excluding carboxylic acids is 2. The number of esters is 2. The summed E-state index contributed by atoms with van der Waals surface area (Å²) in [5.41, 5.74) is -2.95. The van der Waals surface area contributed by atoms with Crippen molar-refractivity contribution in [2.75, 3.05) is 31.0 Å². The zero-order valence-corrected chi connectivity index (χ0v) is 16.1. The lowest BCUT2D eigenvalue weighted by atomic mass is 10.1. The van der Waals surface area contributed by atoms with Crippen LogP contribution >= 0.6 is 0 Å². The molecule has 0 atom stereocenters. The Morgan fingerprint density at radius 3 is 2.19 bits per heavy atom. The van der Waals surface area contributed by atoms with Crippen LogP contribution in [0, 0.1) is 0 Å². The number of halogens is 6. The summed E-state index contributed by atoms with van der Waals surface area (Å²) in [4.78, 5) is 25.4. The number of carbonyl (C=O) groups is 2. The van der Waals surface area contributed by atoms with Crippen LogP contribution in [0.25, 0.3) is 0 Å². The normalized spacial score (nSPS) is 14.4. The highest BCUT2D eigenvalue weighted by Crippen LogP contribution is 2.38. The van der Waals surface area contributed by atoms with E-state index in [0.717, 1.165) is 37.5 Å². The second-order valence-corrected chi connectivity index (χ2v) is 6.01. The Labute approximate surface area is 172 Å². The average Bonchev–Trinajstić information content (AvgIpc) is 2.92. The van der Waals surface area contributed by atoms with Crippen molar-refractivity contribution >= 4 is 23.3 Å². The lowest BCUT2D eigenvalue weighted by Crippen LogP contribution is -2.29. The largest absolute Gasteiger partial charge is 0.465 e. The predicted molar refractivity (Wildman–Crippen MR) is 97.8 cm³/mol. The van der Waals surface area contributed by atoms with Gasteiger partial charge in [-0.2, -0.15) is 26.3 Å². The number of hydrogen-bond acceptors (Lipinski definition) is 6. The minimum atomic E-state index is -4.83. The van der Waals surface area contributed by atoms with E-state index in [1.165, 1.54) is 12.2 Å². The Morgan fingerprint density at radius 2 is 1.65 bits per heavy atom. The summed E-state index contributed by atoms with van der Waals surface area (Å²) in [6, 6.07) is 1.93. The van der Waals surface area contributed by atoms with Crippen LogP contribution < -0.4 is 10.2 Å². The second-order valence-electron chi connectivity index (χ2n) is 6.01. The minimum Gasteiger partial charge on any atom is -0.465 e. The molecule has 0 saturated carbocycles. The maximum Gasteiger partial charge on any atom is 0.416 e. The van der Waals surface area contributed by atoms with Gasteiger partial charge in [0.1, 0.15) is 12.2 Å². The molecule has 0 unspecified atom stereocenters. The lowest BCUT2D eigenvalue weighted by Gasteiger charge is -2.27. The number of methoxy groups -OCH3 is 2. The number of nitrogens with zero attached hydrogens (tertiary/aromatic N) is 1.